The Hall–Kier alpha value is -3.63. The van der Waals surface area contributed by atoms with Crippen molar-refractivity contribution in [1.29, 1.82) is 0 Å². The van der Waals surface area contributed by atoms with Gasteiger partial charge in [-0.25, -0.2) is 4.68 Å². The first-order valence-corrected chi connectivity index (χ1v) is 25.6. The molecule has 0 saturated carbocycles. The average molecular weight is 847 g/mol. The normalized spacial score (nSPS) is 11.0. The van der Waals surface area contributed by atoms with Crippen molar-refractivity contribution >= 4 is 11.3 Å². The van der Waals surface area contributed by atoms with Gasteiger partial charge < -0.3 is 4.74 Å². The van der Waals surface area contributed by atoms with Gasteiger partial charge >= 0.3 is 0 Å². The fraction of sp³-hybridized carbons (Fsp3) is 0.561. The largest absolute Gasteiger partial charge is 0.497 e. The Bertz CT molecular complexity index is 1750. The first-order chi connectivity index (χ1) is 29.9. The minimum atomic E-state index is 0.856. The van der Waals surface area contributed by atoms with Gasteiger partial charge in [-0.05, 0) is 106 Å². The molecule has 4 heteroatoms. The summed E-state index contributed by atoms with van der Waals surface area (Å²) in [7, 11) is 1.68. The first-order valence-electron chi connectivity index (χ1n) is 24.8. The Morgan fingerprint density at radius 2 is 1.08 bits per heavy atom. The molecule has 5 aromatic rings. The molecule has 0 atom stereocenters. The van der Waals surface area contributed by atoms with Gasteiger partial charge in [0.25, 0.3) is 0 Å². The third kappa shape index (κ3) is 22.9. The van der Waals surface area contributed by atoms with E-state index in [4.69, 9.17) is 9.84 Å². The monoisotopic (exact) mass is 847 g/mol. The van der Waals surface area contributed by atoms with Crippen LogP contribution in [0.3, 0.4) is 0 Å². The molecule has 336 valence electrons. The molecule has 0 unspecified atom stereocenters. The molecule has 0 spiro atoms. The van der Waals surface area contributed by atoms with Gasteiger partial charge in [0.05, 0.1) is 24.2 Å². The van der Waals surface area contributed by atoms with Gasteiger partial charge in [-0.15, -0.1) is 11.3 Å². The summed E-state index contributed by atoms with van der Waals surface area (Å²) in [6.45, 7) is 13.5. The van der Waals surface area contributed by atoms with Crippen LogP contribution in [0.25, 0.3) is 16.9 Å². The molecular formula is C57H86N2OS. The molecule has 61 heavy (non-hydrogen) atoms. The van der Waals surface area contributed by atoms with E-state index in [2.05, 4.69) is 114 Å². The van der Waals surface area contributed by atoms with Crippen LogP contribution >= 0.6 is 11.3 Å². The van der Waals surface area contributed by atoms with Gasteiger partial charge in [0.15, 0.2) is 0 Å². The Kier molecular flexibility index (Phi) is 28.0. The van der Waals surface area contributed by atoms with Crippen molar-refractivity contribution in [3.63, 3.8) is 0 Å². The zero-order valence-corrected chi connectivity index (χ0v) is 40.8. The molecule has 3 aromatic carbocycles. The van der Waals surface area contributed by atoms with Gasteiger partial charge in [0.2, 0.25) is 0 Å². The molecule has 0 radical (unpaired) electrons. The zero-order valence-electron chi connectivity index (χ0n) is 40.0. The second-order valence-corrected chi connectivity index (χ2v) is 18.9. The summed E-state index contributed by atoms with van der Waals surface area (Å²) in [5.41, 5.74) is 7.23. The molecule has 5 rings (SSSR count). The van der Waals surface area contributed by atoms with Crippen molar-refractivity contribution in [2.45, 2.75) is 196 Å². The molecular weight excluding hydrogens is 761 g/mol. The summed E-state index contributed by atoms with van der Waals surface area (Å²) in [5, 5.41) is 4.85. The van der Waals surface area contributed by atoms with E-state index in [9.17, 15) is 0 Å². The van der Waals surface area contributed by atoms with E-state index < -0.39 is 0 Å². The summed E-state index contributed by atoms with van der Waals surface area (Å²) in [6, 6.07) is 34.3. The van der Waals surface area contributed by atoms with Crippen LogP contribution < -0.4 is 4.74 Å². The predicted octanol–water partition coefficient (Wildman–Crippen LogP) is 18.0. The number of methoxy groups -OCH3 is 1. The Morgan fingerprint density at radius 3 is 1.64 bits per heavy atom. The number of thiophene rings is 1. The highest BCUT2D eigenvalue weighted by molar-refractivity contribution is 7.11. The maximum Gasteiger partial charge on any atom is 0.119 e. The average Bonchev–Trinajstić information content (AvgIpc) is 3.93. The van der Waals surface area contributed by atoms with Crippen LogP contribution in [0.4, 0.5) is 0 Å². The van der Waals surface area contributed by atoms with Crippen molar-refractivity contribution in [2.75, 3.05) is 7.11 Å². The number of unbranched alkanes of at least 4 members (excludes halogenated alkanes) is 15. The molecule has 0 N–H and O–H groups in total. The molecule has 2 heterocycles. The van der Waals surface area contributed by atoms with Crippen molar-refractivity contribution in [3.8, 4) is 22.7 Å². The maximum absolute atomic E-state index is 5.26. The predicted molar refractivity (Wildman–Crippen MR) is 270 cm³/mol. The summed E-state index contributed by atoms with van der Waals surface area (Å²) >= 11 is 2.02. The Labute approximate surface area is 379 Å². The SMILES string of the molecule is CCCCCCCCCCCCCCCC(C)C.CCCCCc1ccc(CCCc2ccccc2)s1.CCCCc1cc(-c2ccc(C)cc2)n(-c2ccc(OC)cc2)n1. The van der Waals surface area contributed by atoms with E-state index in [-0.39, 0.29) is 0 Å². The second kappa shape index (κ2) is 33.0. The van der Waals surface area contributed by atoms with Gasteiger partial charge in [-0.2, -0.15) is 5.10 Å². The van der Waals surface area contributed by atoms with Gasteiger partial charge in [-0.1, -0.05) is 204 Å². The fourth-order valence-corrected chi connectivity index (χ4v) is 8.78. The standard InChI is InChI=1S/C21H24N2O.C18H24S.C18H38/c1-4-5-6-18-15-21(17-9-7-16(2)8-10-17)23(22-18)19-11-13-20(24-3)14-12-19;1-2-3-5-12-17-14-15-18(19-17)13-8-11-16-9-6-4-7-10-16;1-4-5-6-7-8-9-10-11-12-13-14-15-16-17-18(2)3/h7-15H,4-6H2,1-3H3;4,6-7,9-10,14-15H,2-3,5,8,11-13H2,1H3;18H,4-17H2,1-3H3. The topological polar surface area (TPSA) is 27.1 Å². The molecule has 0 bridgehead atoms. The number of aryl methyl sites for hydroxylation is 5. The van der Waals surface area contributed by atoms with Crippen LogP contribution in [0.15, 0.2) is 97.1 Å². The van der Waals surface area contributed by atoms with Gasteiger partial charge in [0.1, 0.15) is 5.75 Å². The summed E-state index contributed by atoms with van der Waals surface area (Å²) in [5.74, 6) is 1.76. The maximum atomic E-state index is 5.26. The summed E-state index contributed by atoms with van der Waals surface area (Å²) in [6.07, 6.45) is 32.8. The van der Waals surface area contributed by atoms with E-state index in [0.717, 1.165) is 41.6 Å². The van der Waals surface area contributed by atoms with Crippen LogP contribution in [0.5, 0.6) is 5.75 Å². The van der Waals surface area contributed by atoms with E-state index >= 15 is 0 Å². The Morgan fingerprint density at radius 1 is 0.541 bits per heavy atom. The smallest absolute Gasteiger partial charge is 0.119 e. The third-order valence-electron chi connectivity index (χ3n) is 11.6. The number of rotatable bonds is 28. The Balaban J connectivity index is 0.000000248. The molecule has 2 aromatic heterocycles. The lowest BCUT2D eigenvalue weighted by Crippen LogP contribution is -2.00. The van der Waals surface area contributed by atoms with E-state index in [0.29, 0.717) is 0 Å². The minimum Gasteiger partial charge on any atom is -0.497 e. The minimum absolute atomic E-state index is 0.856. The molecule has 0 fully saturated rings. The van der Waals surface area contributed by atoms with Crippen LogP contribution in [0.2, 0.25) is 0 Å². The molecule has 3 nitrogen and oxygen atoms in total. The van der Waals surface area contributed by atoms with Crippen LogP contribution in [0, 0.1) is 12.8 Å². The van der Waals surface area contributed by atoms with Crippen molar-refractivity contribution in [3.05, 3.63) is 124 Å². The van der Waals surface area contributed by atoms with Gasteiger partial charge in [-0.3, -0.25) is 0 Å². The summed E-state index contributed by atoms with van der Waals surface area (Å²) < 4.78 is 7.30. The number of hydrogen-bond acceptors (Lipinski definition) is 3. The highest BCUT2D eigenvalue weighted by Crippen LogP contribution is 2.27. The lowest BCUT2D eigenvalue weighted by molar-refractivity contribution is 0.414. The van der Waals surface area contributed by atoms with Crippen molar-refractivity contribution in [1.82, 2.24) is 9.78 Å². The van der Waals surface area contributed by atoms with E-state index in [1.54, 1.807) is 16.9 Å². The number of aromatic nitrogens is 2. The summed E-state index contributed by atoms with van der Waals surface area (Å²) in [4.78, 5) is 3.13. The second-order valence-electron chi connectivity index (χ2n) is 17.7. The molecule has 0 saturated heterocycles. The van der Waals surface area contributed by atoms with E-state index in [1.165, 1.54) is 158 Å². The molecule has 0 aliphatic carbocycles. The quantitative estimate of drug-likeness (QED) is 0.0469. The number of hydrogen-bond donors (Lipinski definition) is 0. The van der Waals surface area contributed by atoms with Crippen molar-refractivity contribution < 1.29 is 4.74 Å². The highest BCUT2D eigenvalue weighted by Gasteiger charge is 2.12. The van der Waals surface area contributed by atoms with Crippen LogP contribution in [-0.2, 0) is 25.7 Å². The van der Waals surface area contributed by atoms with Crippen LogP contribution in [-0.4, -0.2) is 16.9 Å². The third-order valence-corrected chi connectivity index (χ3v) is 12.8. The fourth-order valence-electron chi connectivity index (χ4n) is 7.68. The molecule has 0 amide bonds. The lowest BCUT2D eigenvalue weighted by atomic mass is 10.0. The van der Waals surface area contributed by atoms with Crippen LogP contribution in [0.1, 0.15) is 190 Å². The highest BCUT2D eigenvalue weighted by atomic mass is 32.1. The first kappa shape index (κ1) is 51.7. The number of benzene rings is 3. The van der Waals surface area contributed by atoms with Crippen molar-refractivity contribution in [2.24, 2.45) is 5.92 Å². The van der Waals surface area contributed by atoms with Gasteiger partial charge in [0, 0.05) is 15.3 Å². The lowest BCUT2D eigenvalue weighted by Gasteiger charge is -2.09. The number of ether oxygens (including phenoxy) is 1. The number of nitrogens with zero attached hydrogens (tertiary/aromatic N) is 2. The molecule has 0 aliphatic rings. The zero-order chi connectivity index (χ0) is 43.8. The molecule has 0 aliphatic heterocycles. The van der Waals surface area contributed by atoms with E-state index in [1.807, 2.05) is 40.3 Å².